The Labute approximate surface area is 269 Å². The number of benzene rings is 1. The summed E-state index contributed by atoms with van der Waals surface area (Å²) < 4.78 is 16.8. The van der Waals surface area contributed by atoms with Crippen LogP contribution in [0.2, 0.25) is 19.6 Å². The van der Waals surface area contributed by atoms with Gasteiger partial charge < -0.3 is 24.4 Å². The zero-order valence-corrected chi connectivity index (χ0v) is 29.4. The molecule has 0 saturated carbocycles. The third-order valence-corrected chi connectivity index (χ3v) is 12.2. The summed E-state index contributed by atoms with van der Waals surface area (Å²) in [7, 11) is -0.140. The summed E-state index contributed by atoms with van der Waals surface area (Å²) in [4.78, 5) is 47.9. The maximum absolute atomic E-state index is 13.6. The molecule has 1 aliphatic carbocycles. The lowest BCUT2D eigenvalue weighted by Gasteiger charge is -2.48. The number of carbonyl (C=O) groups is 2. The quantitative estimate of drug-likeness (QED) is 0.340. The lowest BCUT2D eigenvalue weighted by Crippen LogP contribution is -2.62. The molecule has 3 unspecified atom stereocenters. The van der Waals surface area contributed by atoms with E-state index < -0.39 is 19.3 Å². The van der Waals surface area contributed by atoms with E-state index in [4.69, 9.17) is 9.47 Å². The number of rotatable bonds is 6. The van der Waals surface area contributed by atoms with Gasteiger partial charge in [0, 0.05) is 19.3 Å². The van der Waals surface area contributed by atoms with Gasteiger partial charge in [0.1, 0.15) is 11.1 Å². The lowest BCUT2D eigenvalue weighted by atomic mass is 9.91. The fourth-order valence-electron chi connectivity index (χ4n) is 6.48. The molecule has 0 bridgehead atoms. The van der Waals surface area contributed by atoms with Crippen LogP contribution in [0.25, 0.3) is 21.5 Å². The molecule has 0 radical (unpaired) electrons. The number of hydrogen-bond donors (Lipinski definition) is 1. The Kier molecular flexibility index (Phi) is 8.93. The number of aliphatic hydroxyl groups is 1. The largest absolute Gasteiger partial charge is 0.450 e. The Morgan fingerprint density at radius 3 is 2.62 bits per heavy atom. The number of aromatic nitrogens is 3. The van der Waals surface area contributed by atoms with Gasteiger partial charge in [-0.05, 0) is 87.7 Å². The number of fused-ring (bicyclic) bond motifs is 2. The van der Waals surface area contributed by atoms with E-state index in [0.717, 1.165) is 34.4 Å². The van der Waals surface area contributed by atoms with E-state index in [0.29, 0.717) is 31.5 Å². The van der Waals surface area contributed by atoms with Crippen molar-refractivity contribution in [2.24, 2.45) is 0 Å². The normalized spacial score (nSPS) is 21.9. The predicted octanol–water partition coefficient (Wildman–Crippen LogP) is 5.60. The highest BCUT2D eigenvalue weighted by molar-refractivity contribution is 7.11. The number of carbonyl (C=O) groups excluding carboxylic acids is 2. The molecule has 2 aliphatic rings. The van der Waals surface area contributed by atoms with Gasteiger partial charge in [0.2, 0.25) is 0 Å². The molecule has 1 aromatic carbocycles. The van der Waals surface area contributed by atoms with Crippen LogP contribution in [-0.4, -0.2) is 86.2 Å². The summed E-state index contributed by atoms with van der Waals surface area (Å²) in [6.07, 6.45) is 3.14. The number of ether oxygens (including phenoxy) is 2. The predicted molar refractivity (Wildman–Crippen MR) is 177 cm³/mol. The minimum Gasteiger partial charge on any atom is -0.450 e. The van der Waals surface area contributed by atoms with Gasteiger partial charge in [0.05, 0.1) is 44.1 Å². The molecule has 1 N–H and O–H groups in total. The molecule has 3 atom stereocenters. The van der Waals surface area contributed by atoms with Crippen LogP contribution in [0.1, 0.15) is 64.1 Å². The highest BCUT2D eigenvalue weighted by Gasteiger charge is 2.46. The van der Waals surface area contributed by atoms with Crippen LogP contribution < -0.4 is 5.56 Å². The van der Waals surface area contributed by atoms with E-state index in [-0.39, 0.29) is 41.5 Å². The summed E-state index contributed by atoms with van der Waals surface area (Å²) in [5.74, 6) is 0. The topological polar surface area (TPSA) is 127 Å². The molecule has 1 aliphatic heterocycles. The first-order chi connectivity index (χ1) is 21.0. The highest BCUT2D eigenvalue weighted by atomic mass is 32.1. The van der Waals surface area contributed by atoms with E-state index >= 15 is 0 Å². The van der Waals surface area contributed by atoms with Crippen LogP contribution in [0.15, 0.2) is 29.3 Å². The molecule has 5 rings (SSSR count). The maximum Gasteiger partial charge on any atom is 0.410 e. The molecular weight excluding hydrogens is 611 g/mol. The molecule has 3 heterocycles. The molecule has 13 heteroatoms. The van der Waals surface area contributed by atoms with Crippen LogP contribution in [0.5, 0.6) is 0 Å². The van der Waals surface area contributed by atoms with Gasteiger partial charge in [-0.3, -0.25) is 9.36 Å². The standard InChI is InChI=1S/C32H45N5O6SSi/c1-9-42-30(40)37-15-14-32(41,17-24(37)45(6,7)8)18-36-19-33-25-26(28(36)38)34-44-27(25)21-10-12-22-20(16-21)11-13-23(22)35(5)29(39)43-31(2,3)4/h10,12,16,19,23-24,41H,9,11,13-15,17-18H2,1-8H3. The smallest absolute Gasteiger partial charge is 0.410 e. The molecule has 2 amide bonds. The van der Waals surface area contributed by atoms with E-state index in [1.165, 1.54) is 22.4 Å². The summed E-state index contributed by atoms with van der Waals surface area (Å²) in [5.41, 5.74) is 1.81. The Bertz CT molecular complexity index is 1660. The first-order valence-corrected chi connectivity index (χ1v) is 20.0. The second-order valence-corrected chi connectivity index (χ2v) is 20.6. The number of amides is 2. The molecule has 1 fully saturated rings. The van der Waals surface area contributed by atoms with Gasteiger partial charge in [0.25, 0.3) is 5.56 Å². The van der Waals surface area contributed by atoms with Crippen LogP contribution >= 0.6 is 11.5 Å². The fourth-order valence-corrected chi connectivity index (χ4v) is 9.46. The molecule has 244 valence electrons. The SMILES string of the molecule is CCOC(=O)N1CCC(O)(Cn2cnc3c(-c4ccc5c(c4)CCC5N(C)C(=O)OC(C)(C)C)snc3c2=O)CC1[Si](C)(C)C. The van der Waals surface area contributed by atoms with Gasteiger partial charge in [-0.2, -0.15) is 4.37 Å². The minimum absolute atomic E-state index is 0.0667. The van der Waals surface area contributed by atoms with Crippen LogP contribution in [0, 0.1) is 0 Å². The van der Waals surface area contributed by atoms with Crippen molar-refractivity contribution in [3.63, 3.8) is 0 Å². The fraction of sp³-hybridized carbons (Fsp3) is 0.594. The van der Waals surface area contributed by atoms with Crippen molar-refractivity contribution in [1.29, 1.82) is 0 Å². The van der Waals surface area contributed by atoms with Gasteiger partial charge in [-0.25, -0.2) is 14.6 Å². The second kappa shape index (κ2) is 12.1. The summed E-state index contributed by atoms with van der Waals surface area (Å²) in [6, 6.07) is 6.08. The van der Waals surface area contributed by atoms with Crippen molar-refractivity contribution < 1.29 is 24.2 Å². The number of piperidine rings is 1. The van der Waals surface area contributed by atoms with Crippen molar-refractivity contribution in [2.45, 2.75) is 102 Å². The van der Waals surface area contributed by atoms with Gasteiger partial charge in [-0.15, -0.1) is 0 Å². The molecule has 3 aromatic rings. The van der Waals surface area contributed by atoms with E-state index in [9.17, 15) is 19.5 Å². The lowest BCUT2D eigenvalue weighted by molar-refractivity contribution is -0.0424. The zero-order chi connectivity index (χ0) is 32.9. The van der Waals surface area contributed by atoms with Crippen molar-refractivity contribution in [2.75, 3.05) is 20.2 Å². The Balaban J connectivity index is 1.37. The molecule has 2 aromatic heterocycles. The van der Waals surface area contributed by atoms with E-state index in [1.54, 1.807) is 23.8 Å². The number of likely N-dealkylation sites (tertiary alicyclic amines) is 1. The second-order valence-electron chi connectivity index (χ2n) is 14.4. The summed E-state index contributed by atoms with van der Waals surface area (Å²) in [5, 5.41) is 11.7. The average Bonchev–Trinajstić information content (AvgIpc) is 3.57. The van der Waals surface area contributed by atoms with Crippen molar-refractivity contribution in [1.82, 2.24) is 23.7 Å². The average molecular weight is 656 g/mol. The summed E-state index contributed by atoms with van der Waals surface area (Å²) in [6.45, 7) is 14.6. The van der Waals surface area contributed by atoms with Crippen molar-refractivity contribution in [3.8, 4) is 10.4 Å². The number of hydrogen-bond acceptors (Lipinski definition) is 9. The van der Waals surface area contributed by atoms with Gasteiger partial charge in [-0.1, -0.05) is 31.8 Å². The Morgan fingerprint density at radius 2 is 1.96 bits per heavy atom. The summed E-state index contributed by atoms with van der Waals surface area (Å²) >= 11 is 1.23. The third kappa shape index (κ3) is 6.80. The van der Waals surface area contributed by atoms with Gasteiger partial charge in [0.15, 0.2) is 5.52 Å². The van der Waals surface area contributed by atoms with Crippen LogP contribution in [0.3, 0.4) is 0 Å². The Morgan fingerprint density at radius 1 is 1.22 bits per heavy atom. The van der Waals surface area contributed by atoms with Crippen LogP contribution in [-0.2, 0) is 22.4 Å². The first-order valence-electron chi connectivity index (χ1n) is 15.6. The molecule has 0 spiro atoms. The van der Waals surface area contributed by atoms with Crippen molar-refractivity contribution in [3.05, 3.63) is 46.0 Å². The maximum atomic E-state index is 13.6. The molecule has 45 heavy (non-hydrogen) atoms. The van der Waals surface area contributed by atoms with E-state index in [2.05, 4.69) is 35.1 Å². The monoisotopic (exact) mass is 655 g/mol. The third-order valence-electron chi connectivity index (χ3n) is 8.79. The molecule has 11 nitrogen and oxygen atoms in total. The Hall–Kier alpha value is -3.29. The number of nitrogens with zero attached hydrogens (tertiary/aromatic N) is 5. The van der Waals surface area contributed by atoms with Gasteiger partial charge >= 0.3 is 12.2 Å². The molecular formula is C32H45N5O6SSi. The number of aryl methyl sites for hydroxylation is 1. The zero-order valence-electron chi connectivity index (χ0n) is 27.5. The first kappa shape index (κ1) is 33.1. The van der Waals surface area contributed by atoms with Crippen LogP contribution in [0.4, 0.5) is 9.59 Å². The highest BCUT2D eigenvalue weighted by Crippen LogP contribution is 2.40. The molecule has 1 saturated heterocycles. The van der Waals surface area contributed by atoms with E-state index in [1.807, 2.05) is 32.9 Å². The minimum atomic E-state index is -1.92. The van der Waals surface area contributed by atoms with Crippen molar-refractivity contribution >= 4 is 42.8 Å².